The fourth-order valence-electron chi connectivity index (χ4n) is 3.97. The second kappa shape index (κ2) is 9.28. The highest BCUT2D eigenvalue weighted by atomic mass is 32.2. The molecule has 4 rings (SSSR count). The largest absolute Gasteiger partial charge is 0.308 e. The molecule has 0 amide bonds. The van der Waals surface area contributed by atoms with Gasteiger partial charge < -0.3 is 9.55 Å². The Morgan fingerprint density at radius 1 is 1.03 bits per heavy atom. The molecule has 34 heavy (non-hydrogen) atoms. The molecule has 0 aliphatic heterocycles. The van der Waals surface area contributed by atoms with Crippen molar-refractivity contribution in [2.24, 2.45) is 0 Å². The Morgan fingerprint density at radius 2 is 1.71 bits per heavy atom. The van der Waals surface area contributed by atoms with Crippen molar-refractivity contribution in [1.29, 1.82) is 0 Å². The standard InChI is InChI=1S/C24H26N4O4S2/c1-5-28(6-2)34(31,32)18-11-12-20(29)27(13-18)14-19-25-23(30)22-21(16(4)33-24(22)26-19)17-9-7-15(3)8-10-17/h7-13H,5-6,14H2,1-4H3,(H,25,26,30). The van der Waals surface area contributed by atoms with Crippen LogP contribution in [-0.4, -0.2) is 40.3 Å². The molecule has 4 aromatic rings. The SMILES string of the molecule is CCN(CC)S(=O)(=O)c1ccc(=O)n(Cc2nc3sc(C)c(-c4ccc(C)cc4)c3c(=O)[nH]2)c1. The maximum Gasteiger partial charge on any atom is 0.260 e. The maximum atomic E-state index is 13.1. The second-order valence-electron chi connectivity index (χ2n) is 8.01. The van der Waals surface area contributed by atoms with E-state index >= 15 is 0 Å². The summed E-state index contributed by atoms with van der Waals surface area (Å²) in [6.07, 6.45) is 1.30. The molecule has 0 radical (unpaired) electrons. The first kappa shape index (κ1) is 24.1. The molecule has 0 aliphatic carbocycles. The van der Waals surface area contributed by atoms with Crippen LogP contribution in [0.2, 0.25) is 0 Å². The molecule has 0 aliphatic rings. The average molecular weight is 499 g/mol. The van der Waals surface area contributed by atoms with Gasteiger partial charge in [-0.25, -0.2) is 13.4 Å². The summed E-state index contributed by atoms with van der Waals surface area (Å²) in [5.74, 6) is 0.286. The second-order valence-corrected chi connectivity index (χ2v) is 11.2. The molecule has 0 bridgehead atoms. The van der Waals surface area contributed by atoms with E-state index in [1.165, 1.54) is 38.5 Å². The number of aryl methyl sites for hydroxylation is 2. The third kappa shape index (κ3) is 4.36. The van der Waals surface area contributed by atoms with Crippen LogP contribution in [0.1, 0.15) is 30.1 Å². The Balaban J connectivity index is 1.76. The molecule has 0 spiro atoms. The number of sulfonamides is 1. The zero-order valence-corrected chi connectivity index (χ0v) is 21.1. The fraction of sp³-hybridized carbons (Fsp3) is 0.292. The summed E-state index contributed by atoms with van der Waals surface area (Å²) in [6.45, 7) is 8.07. The van der Waals surface area contributed by atoms with Crippen molar-refractivity contribution in [3.8, 4) is 11.1 Å². The molecule has 3 heterocycles. The fourth-order valence-corrected chi connectivity index (χ4v) is 6.51. The Bertz CT molecular complexity index is 1580. The van der Waals surface area contributed by atoms with E-state index in [0.717, 1.165) is 21.6 Å². The number of fused-ring (bicyclic) bond motifs is 1. The van der Waals surface area contributed by atoms with Gasteiger partial charge in [0.2, 0.25) is 10.0 Å². The molecule has 8 nitrogen and oxygen atoms in total. The van der Waals surface area contributed by atoms with Gasteiger partial charge in [0.05, 0.1) is 16.8 Å². The number of nitrogens with one attached hydrogen (secondary N) is 1. The lowest BCUT2D eigenvalue weighted by Gasteiger charge is -2.19. The van der Waals surface area contributed by atoms with Crippen molar-refractivity contribution in [3.63, 3.8) is 0 Å². The molecule has 10 heteroatoms. The van der Waals surface area contributed by atoms with E-state index in [2.05, 4.69) is 9.97 Å². The Labute approximate surface area is 201 Å². The summed E-state index contributed by atoms with van der Waals surface area (Å²) in [6, 6.07) is 10.5. The molecule has 3 aromatic heterocycles. The number of hydrogen-bond acceptors (Lipinski definition) is 6. The van der Waals surface area contributed by atoms with Gasteiger partial charge in [-0.1, -0.05) is 43.7 Å². The quantitative estimate of drug-likeness (QED) is 0.420. The summed E-state index contributed by atoms with van der Waals surface area (Å²) in [4.78, 5) is 34.5. The van der Waals surface area contributed by atoms with Crippen LogP contribution in [-0.2, 0) is 16.6 Å². The minimum atomic E-state index is -3.73. The van der Waals surface area contributed by atoms with E-state index in [1.807, 2.05) is 38.1 Å². The van der Waals surface area contributed by atoms with Crippen LogP contribution in [0.15, 0.2) is 57.1 Å². The Hall–Kier alpha value is -3.08. The van der Waals surface area contributed by atoms with Gasteiger partial charge in [0.25, 0.3) is 11.1 Å². The Kier molecular flexibility index (Phi) is 6.57. The highest BCUT2D eigenvalue weighted by Crippen LogP contribution is 2.35. The van der Waals surface area contributed by atoms with E-state index < -0.39 is 10.0 Å². The van der Waals surface area contributed by atoms with Crippen LogP contribution in [0.25, 0.3) is 21.3 Å². The molecule has 0 saturated heterocycles. The lowest BCUT2D eigenvalue weighted by molar-refractivity contribution is 0.444. The third-order valence-corrected chi connectivity index (χ3v) is 8.78. The molecule has 1 N–H and O–H groups in total. The lowest BCUT2D eigenvalue weighted by Crippen LogP contribution is -2.32. The minimum absolute atomic E-state index is 0.0212. The summed E-state index contributed by atoms with van der Waals surface area (Å²) < 4.78 is 28.3. The number of nitrogens with zero attached hydrogens (tertiary/aromatic N) is 3. The van der Waals surface area contributed by atoms with Crippen LogP contribution in [0.3, 0.4) is 0 Å². The number of thiophene rings is 1. The van der Waals surface area contributed by atoms with Crippen LogP contribution in [0.4, 0.5) is 0 Å². The van der Waals surface area contributed by atoms with Crippen molar-refractivity contribution in [2.75, 3.05) is 13.1 Å². The molecule has 0 saturated carbocycles. The summed E-state index contributed by atoms with van der Waals surface area (Å²) >= 11 is 1.42. The number of benzene rings is 1. The number of H-pyrrole nitrogens is 1. The normalized spacial score (nSPS) is 12.0. The smallest absolute Gasteiger partial charge is 0.260 e. The Morgan fingerprint density at radius 3 is 2.35 bits per heavy atom. The number of aromatic nitrogens is 3. The van der Waals surface area contributed by atoms with Crippen molar-refractivity contribution < 1.29 is 8.42 Å². The van der Waals surface area contributed by atoms with Gasteiger partial charge >= 0.3 is 0 Å². The number of hydrogen-bond donors (Lipinski definition) is 1. The van der Waals surface area contributed by atoms with Crippen molar-refractivity contribution >= 4 is 31.6 Å². The van der Waals surface area contributed by atoms with E-state index in [-0.39, 0.29) is 28.4 Å². The minimum Gasteiger partial charge on any atom is -0.308 e. The lowest BCUT2D eigenvalue weighted by atomic mass is 10.0. The molecule has 0 unspecified atom stereocenters. The van der Waals surface area contributed by atoms with Gasteiger partial charge in [-0.2, -0.15) is 4.31 Å². The van der Waals surface area contributed by atoms with Crippen LogP contribution < -0.4 is 11.1 Å². The zero-order chi connectivity index (χ0) is 24.6. The maximum absolute atomic E-state index is 13.1. The third-order valence-electron chi connectivity index (χ3n) is 5.75. The number of rotatable bonds is 7. The topological polar surface area (TPSA) is 105 Å². The van der Waals surface area contributed by atoms with E-state index in [0.29, 0.717) is 23.3 Å². The molecule has 178 valence electrons. The van der Waals surface area contributed by atoms with Gasteiger partial charge in [-0.15, -0.1) is 11.3 Å². The number of aromatic amines is 1. The average Bonchev–Trinajstić information content (AvgIpc) is 3.12. The van der Waals surface area contributed by atoms with Gasteiger partial charge in [0.1, 0.15) is 10.7 Å². The van der Waals surface area contributed by atoms with Gasteiger partial charge in [-0.3, -0.25) is 9.59 Å². The van der Waals surface area contributed by atoms with Gasteiger partial charge in [0, 0.05) is 35.8 Å². The summed E-state index contributed by atoms with van der Waals surface area (Å²) in [5.41, 5.74) is 2.25. The first-order valence-electron chi connectivity index (χ1n) is 11.0. The van der Waals surface area contributed by atoms with Crippen LogP contribution >= 0.6 is 11.3 Å². The van der Waals surface area contributed by atoms with E-state index in [9.17, 15) is 18.0 Å². The highest BCUT2D eigenvalue weighted by Gasteiger charge is 2.23. The summed E-state index contributed by atoms with van der Waals surface area (Å²) in [7, 11) is -3.73. The van der Waals surface area contributed by atoms with E-state index in [4.69, 9.17) is 0 Å². The van der Waals surface area contributed by atoms with Crippen LogP contribution in [0, 0.1) is 13.8 Å². The highest BCUT2D eigenvalue weighted by molar-refractivity contribution is 7.89. The predicted octanol–water partition coefficient (Wildman–Crippen LogP) is 3.51. The first-order chi connectivity index (χ1) is 16.1. The van der Waals surface area contributed by atoms with Crippen LogP contribution in [0.5, 0.6) is 0 Å². The monoisotopic (exact) mass is 498 g/mol. The molecular weight excluding hydrogens is 472 g/mol. The van der Waals surface area contributed by atoms with Gasteiger partial charge in [-0.05, 0) is 25.5 Å². The van der Waals surface area contributed by atoms with Crippen molar-refractivity contribution in [1.82, 2.24) is 18.8 Å². The molecular formula is C24H26N4O4S2. The van der Waals surface area contributed by atoms with Crippen molar-refractivity contribution in [3.05, 3.63) is 79.6 Å². The number of pyridine rings is 1. The molecule has 0 fully saturated rings. The molecule has 0 atom stereocenters. The first-order valence-corrected chi connectivity index (χ1v) is 13.2. The zero-order valence-electron chi connectivity index (χ0n) is 19.5. The molecule has 1 aromatic carbocycles. The van der Waals surface area contributed by atoms with Crippen molar-refractivity contribution in [2.45, 2.75) is 39.1 Å². The van der Waals surface area contributed by atoms with Gasteiger partial charge in [0.15, 0.2) is 0 Å². The van der Waals surface area contributed by atoms with E-state index in [1.54, 1.807) is 13.8 Å². The summed E-state index contributed by atoms with van der Waals surface area (Å²) in [5, 5.41) is 0.514. The predicted molar refractivity (Wildman–Crippen MR) is 135 cm³/mol.